The van der Waals surface area contributed by atoms with Crippen LogP contribution < -0.4 is 16.4 Å². The number of benzene rings is 2. The largest absolute Gasteiger partial charge is 0.376 e. The summed E-state index contributed by atoms with van der Waals surface area (Å²) in [5.41, 5.74) is 11.2. The molecule has 0 fully saturated rings. The zero-order chi connectivity index (χ0) is 23.4. The lowest BCUT2D eigenvalue weighted by Crippen LogP contribution is -2.27. The number of imidazole rings is 1. The van der Waals surface area contributed by atoms with Gasteiger partial charge < -0.3 is 16.4 Å². The molecule has 0 saturated carbocycles. The van der Waals surface area contributed by atoms with Crippen molar-refractivity contribution in [2.45, 2.75) is 19.9 Å². The first kappa shape index (κ1) is 22.2. The van der Waals surface area contributed by atoms with Gasteiger partial charge in [0.05, 0.1) is 11.7 Å². The highest BCUT2D eigenvalue weighted by molar-refractivity contribution is 5.59. The van der Waals surface area contributed by atoms with Gasteiger partial charge in [-0.15, -0.1) is 0 Å². The fourth-order valence-corrected chi connectivity index (χ4v) is 3.46. The van der Waals surface area contributed by atoms with E-state index in [2.05, 4.69) is 51.2 Å². The SMILES string of the molecule is C=C(NC(CN)c1cccc(C)c1)c1cn(-c2nc(Nc3ccc(F)cc3)ncc2C)cn1. The molecule has 0 spiro atoms. The number of nitrogens with two attached hydrogens (primary N) is 1. The molecule has 1 unspecified atom stereocenters. The van der Waals surface area contributed by atoms with Gasteiger partial charge in [0, 0.05) is 30.2 Å². The fraction of sp³-hybridized carbons (Fsp3) is 0.160. The minimum Gasteiger partial charge on any atom is -0.376 e. The zero-order valence-electron chi connectivity index (χ0n) is 18.6. The van der Waals surface area contributed by atoms with Gasteiger partial charge in [0.25, 0.3) is 0 Å². The summed E-state index contributed by atoms with van der Waals surface area (Å²) in [6.07, 6.45) is 5.27. The third-order valence-electron chi connectivity index (χ3n) is 5.21. The van der Waals surface area contributed by atoms with Crippen LogP contribution in [-0.2, 0) is 0 Å². The summed E-state index contributed by atoms with van der Waals surface area (Å²) in [4.78, 5) is 13.4. The average Bonchev–Trinajstić information content (AvgIpc) is 3.30. The minimum atomic E-state index is -0.301. The van der Waals surface area contributed by atoms with Gasteiger partial charge in [-0.2, -0.15) is 4.98 Å². The van der Waals surface area contributed by atoms with Crippen molar-refractivity contribution in [2.75, 3.05) is 11.9 Å². The number of nitrogens with one attached hydrogen (secondary N) is 2. The standard InChI is InChI=1S/C25H26FN7/c1-16-5-4-6-19(11-16)22(12-27)30-18(3)23-14-33(15-29-23)24-17(2)13-28-25(32-24)31-21-9-7-20(26)8-10-21/h4-11,13-15,22,30H,3,12,27H2,1-2H3,(H,28,31,32). The maximum atomic E-state index is 13.2. The van der Waals surface area contributed by atoms with E-state index in [1.54, 1.807) is 24.7 Å². The predicted octanol–water partition coefficient (Wildman–Crippen LogP) is 4.42. The summed E-state index contributed by atoms with van der Waals surface area (Å²) in [6, 6.07) is 14.2. The van der Waals surface area contributed by atoms with Crippen LogP contribution in [0.3, 0.4) is 0 Å². The van der Waals surface area contributed by atoms with Gasteiger partial charge in [-0.05, 0) is 43.7 Å². The first-order valence-corrected chi connectivity index (χ1v) is 10.6. The number of anilines is 2. The zero-order valence-corrected chi connectivity index (χ0v) is 18.6. The molecule has 0 aliphatic rings. The van der Waals surface area contributed by atoms with E-state index in [1.165, 1.54) is 17.7 Å². The molecule has 0 amide bonds. The molecule has 0 aliphatic carbocycles. The molecule has 0 aliphatic heterocycles. The number of rotatable bonds is 8. The van der Waals surface area contributed by atoms with Crippen LogP contribution in [-0.4, -0.2) is 26.1 Å². The summed E-state index contributed by atoms with van der Waals surface area (Å²) in [6.45, 7) is 8.55. The molecule has 33 heavy (non-hydrogen) atoms. The van der Waals surface area contributed by atoms with Gasteiger partial charge >= 0.3 is 0 Å². The Bertz CT molecular complexity index is 1260. The molecule has 168 valence electrons. The Morgan fingerprint density at radius 3 is 2.67 bits per heavy atom. The molecule has 0 radical (unpaired) electrons. The number of hydrogen-bond acceptors (Lipinski definition) is 6. The molecule has 8 heteroatoms. The number of hydrogen-bond donors (Lipinski definition) is 3. The van der Waals surface area contributed by atoms with Crippen LogP contribution in [0.4, 0.5) is 16.0 Å². The lowest BCUT2D eigenvalue weighted by atomic mass is 10.0. The van der Waals surface area contributed by atoms with E-state index in [0.717, 1.165) is 11.1 Å². The van der Waals surface area contributed by atoms with Crippen molar-refractivity contribution in [1.29, 1.82) is 0 Å². The fourth-order valence-electron chi connectivity index (χ4n) is 3.46. The Morgan fingerprint density at radius 2 is 1.94 bits per heavy atom. The van der Waals surface area contributed by atoms with Crippen LogP contribution in [0.2, 0.25) is 0 Å². The minimum absolute atomic E-state index is 0.0742. The topological polar surface area (TPSA) is 93.7 Å². The van der Waals surface area contributed by atoms with Gasteiger partial charge in [-0.3, -0.25) is 4.57 Å². The van der Waals surface area contributed by atoms with Crippen LogP contribution >= 0.6 is 0 Å². The van der Waals surface area contributed by atoms with E-state index in [0.29, 0.717) is 35.4 Å². The van der Waals surface area contributed by atoms with Crippen LogP contribution in [0.15, 0.2) is 73.8 Å². The van der Waals surface area contributed by atoms with E-state index in [1.807, 2.05) is 29.8 Å². The first-order chi connectivity index (χ1) is 15.9. The molecule has 4 rings (SSSR count). The molecule has 0 bridgehead atoms. The van der Waals surface area contributed by atoms with E-state index in [9.17, 15) is 4.39 Å². The molecule has 4 aromatic rings. The van der Waals surface area contributed by atoms with Gasteiger partial charge in [-0.25, -0.2) is 14.4 Å². The van der Waals surface area contributed by atoms with Crippen molar-refractivity contribution >= 4 is 17.3 Å². The van der Waals surface area contributed by atoms with Crippen molar-refractivity contribution in [3.05, 3.63) is 102 Å². The van der Waals surface area contributed by atoms with Crippen molar-refractivity contribution in [3.8, 4) is 5.82 Å². The second-order valence-electron chi connectivity index (χ2n) is 7.82. The number of aryl methyl sites for hydroxylation is 2. The van der Waals surface area contributed by atoms with Crippen LogP contribution in [0.25, 0.3) is 11.5 Å². The van der Waals surface area contributed by atoms with E-state index < -0.39 is 0 Å². The first-order valence-electron chi connectivity index (χ1n) is 10.6. The Kier molecular flexibility index (Phi) is 6.46. The van der Waals surface area contributed by atoms with E-state index >= 15 is 0 Å². The highest BCUT2D eigenvalue weighted by Crippen LogP contribution is 2.21. The van der Waals surface area contributed by atoms with Gasteiger partial charge in [-0.1, -0.05) is 36.4 Å². The monoisotopic (exact) mass is 443 g/mol. The molecule has 2 aromatic carbocycles. The average molecular weight is 444 g/mol. The maximum Gasteiger partial charge on any atom is 0.229 e. The second kappa shape index (κ2) is 9.62. The second-order valence-corrected chi connectivity index (χ2v) is 7.82. The van der Waals surface area contributed by atoms with Crippen LogP contribution in [0.1, 0.15) is 28.4 Å². The number of halogens is 1. The number of nitrogens with zero attached hydrogens (tertiary/aromatic N) is 4. The summed E-state index contributed by atoms with van der Waals surface area (Å²) >= 11 is 0. The third-order valence-corrected chi connectivity index (χ3v) is 5.21. The van der Waals surface area contributed by atoms with Crippen molar-refractivity contribution in [3.63, 3.8) is 0 Å². The van der Waals surface area contributed by atoms with E-state index in [4.69, 9.17) is 5.73 Å². The maximum absolute atomic E-state index is 13.2. The molecular weight excluding hydrogens is 417 g/mol. The molecule has 7 nitrogen and oxygen atoms in total. The van der Waals surface area contributed by atoms with Crippen molar-refractivity contribution in [2.24, 2.45) is 5.73 Å². The Balaban J connectivity index is 1.52. The van der Waals surface area contributed by atoms with Gasteiger partial charge in [0.15, 0.2) is 0 Å². The molecule has 1 atom stereocenters. The smallest absolute Gasteiger partial charge is 0.229 e. The molecule has 4 N–H and O–H groups in total. The highest BCUT2D eigenvalue weighted by atomic mass is 19.1. The highest BCUT2D eigenvalue weighted by Gasteiger charge is 2.14. The summed E-state index contributed by atoms with van der Waals surface area (Å²) < 4.78 is 15.0. The predicted molar refractivity (Wildman–Crippen MR) is 129 cm³/mol. The molecule has 0 saturated heterocycles. The van der Waals surface area contributed by atoms with Crippen LogP contribution in [0.5, 0.6) is 0 Å². The van der Waals surface area contributed by atoms with Crippen molar-refractivity contribution in [1.82, 2.24) is 24.8 Å². The van der Waals surface area contributed by atoms with Gasteiger partial charge in [0.2, 0.25) is 5.95 Å². The summed E-state index contributed by atoms with van der Waals surface area (Å²) in [5, 5.41) is 6.47. The van der Waals surface area contributed by atoms with E-state index in [-0.39, 0.29) is 11.9 Å². The van der Waals surface area contributed by atoms with Crippen LogP contribution in [0, 0.1) is 19.7 Å². The molecule has 2 heterocycles. The normalized spacial score (nSPS) is 11.8. The quantitative estimate of drug-likeness (QED) is 0.373. The summed E-state index contributed by atoms with van der Waals surface area (Å²) in [7, 11) is 0. The Morgan fingerprint density at radius 1 is 1.15 bits per heavy atom. The third kappa shape index (κ3) is 5.24. The molecular formula is C25H26FN7. The Hall–Kier alpha value is -4.04. The van der Waals surface area contributed by atoms with Crippen molar-refractivity contribution < 1.29 is 4.39 Å². The number of aromatic nitrogens is 4. The Labute approximate surface area is 192 Å². The lowest BCUT2D eigenvalue weighted by molar-refractivity contribution is 0.628. The summed E-state index contributed by atoms with van der Waals surface area (Å²) in [5.74, 6) is 0.775. The lowest BCUT2D eigenvalue weighted by Gasteiger charge is -2.19. The van der Waals surface area contributed by atoms with Gasteiger partial charge in [0.1, 0.15) is 23.7 Å². The molecule has 2 aromatic heterocycles.